The highest BCUT2D eigenvalue weighted by Crippen LogP contribution is 2.20. The van der Waals surface area contributed by atoms with E-state index in [1.807, 2.05) is 23.6 Å². The predicted octanol–water partition coefficient (Wildman–Crippen LogP) is 1.84. The summed E-state index contributed by atoms with van der Waals surface area (Å²) >= 11 is 6.32. The molecule has 0 saturated carbocycles. The molecule has 2 aromatic rings. The van der Waals surface area contributed by atoms with Crippen LogP contribution in [0.4, 0.5) is 0 Å². The molecule has 0 fully saturated rings. The van der Waals surface area contributed by atoms with E-state index in [9.17, 15) is 0 Å². The summed E-state index contributed by atoms with van der Waals surface area (Å²) in [5.41, 5.74) is 6.97. The Morgan fingerprint density at radius 2 is 2.29 bits per heavy atom. The van der Waals surface area contributed by atoms with Gasteiger partial charge in [0, 0.05) is 11.6 Å². The van der Waals surface area contributed by atoms with Gasteiger partial charge in [0.15, 0.2) is 0 Å². The molecule has 70 valence electrons. The average Bonchev–Trinajstić information content (AvgIpc) is 2.68. The van der Waals surface area contributed by atoms with E-state index in [-0.39, 0.29) is 0 Å². The van der Waals surface area contributed by atoms with E-state index in [0.717, 1.165) is 10.7 Å². The number of nitrogens with zero attached hydrogens (tertiary/aromatic N) is 2. The molecule has 2 heterocycles. The van der Waals surface area contributed by atoms with Crippen LogP contribution in [-0.2, 0) is 0 Å². The molecule has 0 bridgehead atoms. The molecule has 0 aliphatic rings. The van der Waals surface area contributed by atoms with E-state index < -0.39 is 0 Å². The van der Waals surface area contributed by atoms with E-state index in [1.54, 1.807) is 6.20 Å². The zero-order chi connectivity index (χ0) is 9.97. The van der Waals surface area contributed by atoms with Gasteiger partial charge < -0.3 is 5.73 Å². The van der Waals surface area contributed by atoms with Crippen LogP contribution in [0.15, 0.2) is 29.8 Å². The molecule has 2 aromatic heterocycles. The third kappa shape index (κ3) is 1.78. The second-order valence-electron chi connectivity index (χ2n) is 2.62. The van der Waals surface area contributed by atoms with Crippen molar-refractivity contribution in [3.63, 3.8) is 0 Å². The average molecular weight is 221 g/mol. The molecule has 2 rings (SSSR count). The zero-order valence-corrected chi connectivity index (χ0v) is 8.81. The Bertz CT molecular complexity index is 450. The van der Waals surface area contributed by atoms with Crippen LogP contribution in [0.3, 0.4) is 0 Å². The normalized spacial score (nSPS) is 10.0. The highest BCUT2D eigenvalue weighted by atomic mass is 32.1. The van der Waals surface area contributed by atoms with Crippen molar-refractivity contribution in [1.82, 2.24) is 9.97 Å². The molecule has 5 heteroatoms. The van der Waals surface area contributed by atoms with E-state index in [4.69, 9.17) is 18.0 Å². The predicted molar refractivity (Wildman–Crippen MR) is 61.2 cm³/mol. The van der Waals surface area contributed by atoms with Crippen LogP contribution in [0.1, 0.15) is 5.69 Å². The van der Waals surface area contributed by atoms with E-state index >= 15 is 0 Å². The molecule has 0 aromatic carbocycles. The molecule has 0 spiro atoms. The Hall–Kier alpha value is -1.33. The SMILES string of the molecule is NC(=S)c1csc(-c2ccccn2)n1. The van der Waals surface area contributed by atoms with Gasteiger partial charge in [-0.1, -0.05) is 18.3 Å². The molecule has 3 nitrogen and oxygen atoms in total. The Morgan fingerprint density at radius 3 is 2.86 bits per heavy atom. The summed E-state index contributed by atoms with van der Waals surface area (Å²) in [6, 6.07) is 5.69. The van der Waals surface area contributed by atoms with Crippen molar-refractivity contribution in [2.24, 2.45) is 5.73 Å². The quantitative estimate of drug-likeness (QED) is 0.786. The fourth-order valence-corrected chi connectivity index (χ4v) is 1.97. The topological polar surface area (TPSA) is 51.8 Å². The largest absolute Gasteiger partial charge is 0.388 e. The summed E-state index contributed by atoms with van der Waals surface area (Å²) in [5.74, 6) is 0. The Morgan fingerprint density at radius 1 is 1.43 bits per heavy atom. The van der Waals surface area contributed by atoms with Crippen LogP contribution in [0, 0.1) is 0 Å². The number of rotatable bonds is 2. The fourth-order valence-electron chi connectivity index (χ4n) is 0.994. The van der Waals surface area contributed by atoms with Crippen LogP contribution < -0.4 is 5.73 Å². The van der Waals surface area contributed by atoms with Gasteiger partial charge in [0.05, 0.1) is 5.69 Å². The number of hydrogen-bond donors (Lipinski definition) is 1. The van der Waals surface area contributed by atoms with Crippen LogP contribution in [-0.4, -0.2) is 15.0 Å². The van der Waals surface area contributed by atoms with Gasteiger partial charge in [0.1, 0.15) is 15.7 Å². The maximum Gasteiger partial charge on any atom is 0.142 e. The molecule has 0 radical (unpaired) electrons. The first kappa shape index (κ1) is 9.23. The molecule has 14 heavy (non-hydrogen) atoms. The van der Waals surface area contributed by atoms with Crippen LogP contribution in [0.25, 0.3) is 10.7 Å². The fraction of sp³-hybridized carbons (Fsp3) is 0. The first-order chi connectivity index (χ1) is 6.77. The lowest BCUT2D eigenvalue weighted by molar-refractivity contribution is 1.28. The summed E-state index contributed by atoms with van der Waals surface area (Å²) in [6.07, 6.45) is 1.73. The third-order valence-electron chi connectivity index (χ3n) is 1.64. The zero-order valence-electron chi connectivity index (χ0n) is 7.18. The molecule has 0 unspecified atom stereocenters. The summed E-state index contributed by atoms with van der Waals surface area (Å²) < 4.78 is 0. The first-order valence-electron chi connectivity index (χ1n) is 3.94. The second kappa shape index (κ2) is 3.81. The molecule has 2 N–H and O–H groups in total. The van der Waals surface area contributed by atoms with Crippen LogP contribution >= 0.6 is 23.6 Å². The van der Waals surface area contributed by atoms with E-state index in [2.05, 4.69) is 9.97 Å². The lowest BCUT2D eigenvalue weighted by Gasteiger charge is -1.92. The van der Waals surface area contributed by atoms with Gasteiger partial charge in [-0.25, -0.2) is 4.98 Å². The molecular weight excluding hydrogens is 214 g/mol. The molecule has 0 atom stereocenters. The van der Waals surface area contributed by atoms with Crippen molar-refractivity contribution in [2.75, 3.05) is 0 Å². The van der Waals surface area contributed by atoms with Gasteiger partial charge in [-0.3, -0.25) is 4.98 Å². The van der Waals surface area contributed by atoms with Crippen molar-refractivity contribution < 1.29 is 0 Å². The number of nitrogens with two attached hydrogens (primary N) is 1. The van der Waals surface area contributed by atoms with Gasteiger partial charge in [-0.15, -0.1) is 11.3 Å². The number of pyridine rings is 1. The maximum atomic E-state index is 5.46. The highest BCUT2D eigenvalue weighted by Gasteiger charge is 2.06. The van der Waals surface area contributed by atoms with Gasteiger partial charge in [-0.05, 0) is 12.1 Å². The van der Waals surface area contributed by atoms with Gasteiger partial charge in [0.25, 0.3) is 0 Å². The summed E-state index contributed by atoms with van der Waals surface area (Å²) in [6.45, 7) is 0. The smallest absolute Gasteiger partial charge is 0.142 e. The minimum absolute atomic E-state index is 0.323. The van der Waals surface area contributed by atoms with Crippen LogP contribution in [0.5, 0.6) is 0 Å². The molecular formula is C9H7N3S2. The number of hydrogen-bond acceptors (Lipinski definition) is 4. The summed E-state index contributed by atoms with van der Waals surface area (Å²) in [7, 11) is 0. The lowest BCUT2D eigenvalue weighted by atomic mass is 10.4. The van der Waals surface area contributed by atoms with Crippen molar-refractivity contribution >= 4 is 28.5 Å². The van der Waals surface area contributed by atoms with E-state index in [0.29, 0.717) is 10.7 Å². The van der Waals surface area contributed by atoms with Crippen molar-refractivity contribution in [1.29, 1.82) is 0 Å². The van der Waals surface area contributed by atoms with Gasteiger partial charge in [0.2, 0.25) is 0 Å². The summed E-state index contributed by atoms with van der Waals surface area (Å²) in [4.78, 5) is 8.78. The Kier molecular flexibility index (Phi) is 2.51. The van der Waals surface area contributed by atoms with Gasteiger partial charge >= 0.3 is 0 Å². The molecule has 0 amide bonds. The minimum Gasteiger partial charge on any atom is -0.388 e. The van der Waals surface area contributed by atoms with Gasteiger partial charge in [-0.2, -0.15) is 0 Å². The maximum absolute atomic E-state index is 5.46. The molecule has 0 aliphatic heterocycles. The van der Waals surface area contributed by atoms with Crippen molar-refractivity contribution in [3.8, 4) is 10.7 Å². The molecule has 0 aliphatic carbocycles. The Labute approximate surface area is 90.6 Å². The second-order valence-corrected chi connectivity index (χ2v) is 3.92. The highest BCUT2D eigenvalue weighted by molar-refractivity contribution is 7.80. The van der Waals surface area contributed by atoms with Crippen molar-refractivity contribution in [2.45, 2.75) is 0 Å². The standard InChI is InChI=1S/C9H7N3S2/c10-8(13)7-5-14-9(12-7)6-3-1-2-4-11-6/h1-5H,(H2,10,13). The lowest BCUT2D eigenvalue weighted by Crippen LogP contribution is -2.09. The number of thiocarbonyl (C=S) groups is 1. The molecule has 0 saturated heterocycles. The van der Waals surface area contributed by atoms with E-state index in [1.165, 1.54) is 11.3 Å². The third-order valence-corrected chi connectivity index (χ3v) is 2.71. The van der Waals surface area contributed by atoms with Crippen LogP contribution in [0.2, 0.25) is 0 Å². The number of aromatic nitrogens is 2. The monoisotopic (exact) mass is 221 g/mol. The minimum atomic E-state index is 0.323. The first-order valence-corrected chi connectivity index (χ1v) is 5.23. The number of thiazole rings is 1. The Balaban J connectivity index is 2.39. The summed E-state index contributed by atoms with van der Waals surface area (Å²) in [5, 5.41) is 2.68. The van der Waals surface area contributed by atoms with Crippen molar-refractivity contribution in [3.05, 3.63) is 35.5 Å².